The van der Waals surface area contributed by atoms with Crippen molar-refractivity contribution in [2.24, 2.45) is 34.6 Å². The number of nitrogens with one attached hydrogen (secondary N) is 4. The van der Waals surface area contributed by atoms with Crippen molar-refractivity contribution in [3.05, 3.63) is 76.3 Å². The Morgan fingerprint density at radius 2 is 0.836 bits per heavy atom. The van der Waals surface area contributed by atoms with Gasteiger partial charge in [0.1, 0.15) is 30.0 Å². The first-order valence-corrected chi connectivity index (χ1v) is 49.7. The number of epoxide rings is 1. The van der Waals surface area contributed by atoms with Gasteiger partial charge in [-0.15, -0.1) is 0 Å². The molecule has 806 valence electrons. The molecule has 8 atom stereocenters. The van der Waals surface area contributed by atoms with Crippen LogP contribution >= 0.6 is 11.6 Å². The van der Waals surface area contributed by atoms with Crippen LogP contribution in [0.5, 0.6) is 5.75 Å². The lowest BCUT2D eigenvalue weighted by Crippen LogP contribution is -2.52. The number of carbonyl (C=O) groups excluding carboxylic acids is 7. The number of carbonyl (C=O) groups is 7. The van der Waals surface area contributed by atoms with Crippen molar-refractivity contribution in [3.8, 4) is 5.75 Å². The van der Waals surface area contributed by atoms with Crippen LogP contribution in [0.15, 0.2) is 54.6 Å². The molecule has 4 rings (SSSR count). The van der Waals surface area contributed by atoms with E-state index >= 15 is 0 Å². The molecule has 41 nitrogen and oxygen atoms in total. The third-order valence-electron chi connectivity index (χ3n) is 21.0. The first-order valence-electron chi connectivity index (χ1n) is 49.3. The molecule has 1 saturated heterocycles. The summed E-state index contributed by atoms with van der Waals surface area (Å²) in [5.74, 6) is -3.85. The summed E-state index contributed by atoms with van der Waals surface area (Å²) >= 11 is 6.42. The van der Waals surface area contributed by atoms with Crippen molar-refractivity contribution < 1.29 is 166 Å². The van der Waals surface area contributed by atoms with Crippen molar-refractivity contribution in [2.45, 2.75) is 149 Å². The van der Waals surface area contributed by atoms with Gasteiger partial charge >= 0.3 is 11.9 Å². The Hall–Kier alpha value is -6.48. The van der Waals surface area contributed by atoms with Crippen LogP contribution in [0.4, 0.5) is 0 Å². The lowest BCUT2D eigenvalue weighted by atomic mass is 9.92. The molecule has 0 spiro atoms. The van der Waals surface area contributed by atoms with Crippen LogP contribution in [0.2, 0.25) is 5.02 Å². The number of methoxy groups -OCH3 is 1. The van der Waals surface area contributed by atoms with Crippen LogP contribution in [-0.2, 0) is 174 Å². The van der Waals surface area contributed by atoms with E-state index in [4.69, 9.17) is 156 Å². The van der Waals surface area contributed by atoms with Crippen LogP contribution in [0.3, 0.4) is 0 Å². The van der Waals surface area contributed by atoms with Gasteiger partial charge in [0.2, 0.25) is 29.5 Å². The molecule has 42 heteroatoms. The number of amides is 5. The number of benzene rings is 2. The molecule has 2 heterocycles. The van der Waals surface area contributed by atoms with Gasteiger partial charge in [0.25, 0.3) is 0 Å². The van der Waals surface area contributed by atoms with Gasteiger partial charge in [0.05, 0.1) is 340 Å². The van der Waals surface area contributed by atoms with E-state index in [9.17, 15) is 33.6 Å². The second-order valence-electron chi connectivity index (χ2n) is 33.9. The third-order valence-corrected chi connectivity index (χ3v) is 21.3. The smallest absolute Gasteiger partial charge is 0.347 e. The van der Waals surface area contributed by atoms with Crippen molar-refractivity contribution in [2.75, 3.05) is 331 Å². The highest BCUT2D eigenvalue weighted by molar-refractivity contribution is 6.32. The second kappa shape index (κ2) is 84.7. The summed E-state index contributed by atoms with van der Waals surface area (Å²) in [6.45, 7) is 34.2. The van der Waals surface area contributed by atoms with Gasteiger partial charge in [-0.2, -0.15) is 0 Å². The number of esters is 2. The molecule has 0 saturated carbocycles. The Balaban J connectivity index is 0.860. The van der Waals surface area contributed by atoms with Crippen molar-refractivity contribution in [1.29, 1.82) is 0 Å². The minimum atomic E-state index is -1.28. The Bertz CT molecular complexity index is 3480. The lowest BCUT2D eigenvalue weighted by Gasteiger charge is -2.29. The van der Waals surface area contributed by atoms with Gasteiger partial charge in [-0.3, -0.25) is 28.8 Å². The van der Waals surface area contributed by atoms with Gasteiger partial charge in [-0.25, -0.2) is 4.79 Å². The summed E-state index contributed by atoms with van der Waals surface area (Å²) in [5.41, 5.74) is 12.3. The Morgan fingerprint density at radius 1 is 0.471 bits per heavy atom. The number of primary amides is 1. The number of nitrogens with two attached hydrogens (primary N) is 2. The van der Waals surface area contributed by atoms with E-state index in [0.29, 0.717) is 346 Å². The molecular formula is C98H167ClN6O35. The molecule has 140 heavy (non-hydrogen) atoms. The molecule has 8 N–H and O–H groups in total. The van der Waals surface area contributed by atoms with Crippen LogP contribution in [0.25, 0.3) is 0 Å². The zero-order valence-electron chi connectivity index (χ0n) is 84.3. The SMILES string of the molecule is COc1ccc(C[C@H]2NC(=O)/C=C\C[C@@H]([C@H](C)[C@@H]3O[C@@H]3c3ccc(CNC(=O)[C@H](CCCCCOCCOCCOCCOCCOCCOCCOCCOCCOCCOCCOCCOCCOCCOCCOCCOCCOCCOCCOCCOCCOCCOCCOCCOCCC(N)=O)NC(=O)[C@@H](N)C(C)C)cc3)OC(=O)[C@@H](CC(C)C)OC(=O)C(C)(C)CNC2=O)cc1Cl. The molecule has 1 fully saturated rings. The zero-order valence-corrected chi connectivity index (χ0v) is 85.1. The standard InChI is InChI=1S/C98H167ClN6O35/c1-76(2)71-87-96(111)138-85(14-12-15-89(107)104-84(73-80-18-21-86(113-8)82(99)72-80)94(109)103-75-98(6,7)97(112)139-87)78(5)91-92(140-91)81-19-16-79(17-20-81)74-102-93(108)83(105-95(110)90(101)77(3)4)13-10-9-11-23-114-25-27-116-29-31-118-33-35-120-37-39-122-41-43-124-45-47-126-49-51-128-53-55-130-57-59-132-61-63-134-65-67-136-69-70-137-68-66-135-64-62-133-60-58-131-56-54-129-52-50-127-48-46-125-44-42-123-40-38-121-36-34-119-32-30-117-28-26-115-24-22-88(100)106/h12,15-21,72,76-78,83-85,87,90-92H,9-11,13-14,22-71,73-75,101H2,1-8H3,(H2,100,106)(H,102,108)(H,103,109)(H,104,107)(H,105,110)/b15-12-/t78-,83-,84+,85-,87+,90-,91-,92+/m0/s1. The van der Waals surface area contributed by atoms with E-state index in [0.717, 1.165) is 24.0 Å². The summed E-state index contributed by atoms with van der Waals surface area (Å²) in [5, 5.41) is 11.8. The Kier molecular flexibility index (Phi) is 76.1. The average molecular weight is 2020 g/mol. The molecule has 0 aliphatic carbocycles. The Labute approximate surface area is 833 Å². The van der Waals surface area contributed by atoms with E-state index in [1.165, 1.54) is 13.2 Å². The summed E-state index contributed by atoms with van der Waals surface area (Å²) in [6.07, 6.45) is 3.12. The van der Waals surface area contributed by atoms with Crippen molar-refractivity contribution >= 4 is 53.1 Å². The first-order chi connectivity index (χ1) is 68.1. The van der Waals surface area contributed by atoms with Gasteiger partial charge in [-0.1, -0.05) is 95.5 Å². The van der Waals surface area contributed by atoms with Crippen LogP contribution < -0.4 is 37.5 Å². The average Bonchev–Trinajstić information content (AvgIpc) is 1.63. The number of hydrogen-bond donors (Lipinski definition) is 6. The quantitative estimate of drug-likeness (QED) is 0.0287. The molecule has 0 radical (unpaired) electrons. The monoisotopic (exact) mass is 2020 g/mol. The third kappa shape index (κ3) is 66.5. The summed E-state index contributed by atoms with van der Waals surface area (Å²) < 4.78 is 157. The zero-order chi connectivity index (χ0) is 101. The van der Waals surface area contributed by atoms with Crippen molar-refractivity contribution in [3.63, 3.8) is 0 Å². The van der Waals surface area contributed by atoms with Gasteiger partial charge < -0.3 is 165 Å². The molecule has 2 aliphatic heterocycles. The van der Waals surface area contributed by atoms with Crippen LogP contribution in [-0.4, -0.2) is 409 Å². The molecule has 0 aromatic heterocycles. The fourth-order valence-electron chi connectivity index (χ4n) is 12.9. The number of halogens is 1. The molecule has 5 amide bonds. The summed E-state index contributed by atoms with van der Waals surface area (Å²) in [4.78, 5) is 92.7. The highest BCUT2D eigenvalue weighted by Crippen LogP contribution is 2.45. The summed E-state index contributed by atoms with van der Waals surface area (Å²) in [6, 6.07) is 9.98. The minimum absolute atomic E-state index is 0.0622. The summed E-state index contributed by atoms with van der Waals surface area (Å²) in [7, 11) is 1.49. The predicted molar refractivity (Wildman–Crippen MR) is 515 cm³/mol. The van der Waals surface area contributed by atoms with Crippen LogP contribution in [0, 0.1) is 23.2 Å². The predicted octanol–water partition coefficient (Wildman–Crippen LogP) is 5.04. The van der Waals surface area contributed by atoms with E-state index in [-0.39, 0.29) is 68.5 Å². The largest absolute Gasteiger partial charge is 0.495 e. The maximum absolute atomic E-state index is 14.1. The number of hydrogen-bond acceptors (Lipinski definition) is 36. The van der Waals surface area contributed by atoms with Crippen molar-refractivity contribution in [1.82, 2.24) is 21.3 Å². The first kappa shape index (κ1) is 126. The highest BCUT2D eigenvalue weighted by atomic mass is 35.5. The van der Waals surface area contributed by atoms with Gasteiger partial charge in [0, 0.05) is 44.9 Å². The number of ether oxygens (including phenoxy) is 28. The van der Waals surface area contributed by atoms with E-state index in [1.807, 2.05) is 58.9 Å². The Morgan fingerprint density at radius 3 is 1.19 bits per heavy atom. The van der Waals surface area contributed by atoms with Crippen LogP contribution in [0.1, 0.15) is 116 Å². The fourth-order valence-corrected chi connectivity index (χ4v) is 13.1. The van der Waals surface area contributed by atoms with E-state index in [1.54, 1.807) is 38.1 Å². The fraction of sp³-hybridized carbons (Fsp3) is 0.786. The number of rotatable bonds is 92. The molecule has 2 aromatic rings. The van der Waals surface area contributed by atoms with E-state index in [2.05, 4.69) is 21.3 Å². The molecule has 2 aliphatic rings. The topological polar surface area (TPSA) is 481 Å². The van der Waals surface area contributed by atoms with Gasteiger partial charge in [-0.05, 0) is 79.8 Å². The maximum Gasteiger partial charge on any atom is 0.347 e. The highest BCUT2D eigenvalue weighted by Gasteiger charge is 2.48. The molecule has 2 aromatic carbocycles. The normalized spacial score (nSPS) is 17.3. The molecule has 0 unspecified atom stereocenters. The molecular weight excluding hydrogens is 1860 g/mol. The lowest BCUT2D eigenvalue weighted by molar-refractivity contribution is -0.179. The molecule has 0 bridgehead atoms. The second-order valence-corrected chi connectivity index (χ2v) is 34.3. The number of cyclic esters (lactones) is 2. The van der Waals surface area contributed by atoms with E-state index < -0.39 is 77.4 Å². The number of unbranched alkanes of at least 4 members (excludes halogenated alkanes) is 2. The maximum atomic E-state index is 14.1. The van der Waals surface area contributed by atoms with Gasteiger partial charge in [0.15, 0.2) is 6.10 Å². The minimum Gasteiger partial charge on any atom is -0.495 e.